The summed E-state index contributed by atoms with van der Waals surface area (Å²) in [7, 11) is 0. The summed E-state index contributed by atoms with van der Waals surface area (Å²) in [6, 6.07) is 12.7. The fourth-order valence-corrected chi connectivity index (χ4v) is 3.80. The van der Waals surface area contributed by atoms with Crippen LogP contribution in [0.25, 0.3) is 10.9 Å². The number of carbonyl (C=O) groups is 1. The number of nitro benzene ring substituents is 1. The van der Waals surface area contributed by atoms with Gasteiger partial charge in [0.25, 0.3) is 11.6 Å². The molecule has 27 heavy (non-hydrogen) atoms. The van der Waals surface area contributed by atoms with Gasteiger partial charge < -0.3 is 9.47 Å². The van der Waals surface area contributed by atoms with Crippen LogP contribution >= 0.6 is 0 Å². The fourth-order valence-electron chi connectivity index (χ4n) is 3.80. The molecule has 0 saturated heterocycles. The summed E-state index contributed by atoms with van der Waals surface area (Å²) in [6.07, 6.45) is 2.63. The van der Waals surface area contributed by atoms with Crippen LogP contribution in [-0.2, 0) is 13.0 Å². The Kier molecular flexibility index (Phi) is 4.18. The second-order valence-corrected chi connectivity index (χ2v) is 7.38. The van der Waals surface area contributed by atoms with Crippen LogP contribution in [0.1, 0.15) is 29.8 Å². The number of rotatable bonds is 4. The molecule has 0 fully saturated rings. The highest BCUT2D eigenvalue weighted by Gasteiger charge is 2.29. The van der Waals surface area contributed by atoms with Crippen molar-refractivity contribution in [3.05, 3.63) is 69.9 Å². The molecule has 0 unspecified atom stereocenters. The van der Waals surface area contributed by atoms with E-state index in [-0.39, 0.29) is 11.6 Å². The molecule has 0 N–H and O–H groups in total. The van der Waals surface area contributed by atoms with Gasteiger partial charge in [0.15, 0.2) is 0 Å². The predicted octanol–water partition coefficient (Wildman–Crippen LogP) is 4.41. The van der Waals surface area contributed by atoms with Crippen molar-refractivity contribution in [2.75, 3.05) is 11.4 Å². The number of aromatic nitrogens is 1. The summed E-state index contributed by atoms with van der Waals surface area (Å²) < 4.78 is 2.12. The van der Waals surface area contributed by atoms with Crippen LogP contribution in [0.15, 0.2) is 48.7 Å². The zero-order valence-electron chi connectivity index (χ0n) is 15.4. The minimum Gasteiger partial charge on any atom is -0.346 e. The van der Waals surface area contributed by atoms with E-state index in [1.54, 1.807) is 11.0 Å². The molecule has 138 valence electrons. The number of non-ortho nitro benzene ring substituents is 1. The summed E-state index contributed by atoms with van der Waals surface area (Å²) in [4.78, 5) is 25.7. The van der Waals surface area contributed by atoms with Crippen molar-refractivity contribution < 1.29 is 9.72 Å². The van der Waals surface area contributed by atoms with Crippen molar-refractivity contribution in [2.24, 2.45) is 5.92 Å². The Hall–Kier alpha value is -3.15. The summed E-state index contributed by atoms with van der Waals surface area (Å²) in [5, 5.41) is 12.0. The molecule has 0 atom stereocenters. The molecule has 1 aliphatic heterocycles. The summed E-state index contributed by atoms with van der Waals surface area (Å²) in [5.41, 5.74) is 3.31. The lowest BCUT2D eigenvalue weighted by molar-refractivity contribution is -0.384. The number of hydrogen-bond acceptors (Lipinski definition) is 3. The molecular weight excluding hydrogens is 342 g/mol. The van der Waals surface area contributed by atoms with E-state index in [0.717, 1.165) is 23.0 Å². The van der Waals surface area contributed by atoms with Gasteiger partial charge in [-0.3, -0.25) is 14.9 Å². The average molecular weight is 363 g/mol. The second kappa shape index (κ2) is 6.54. The molecule has 0 radical (unpaired) electrons. The maximum absolute atomic E-state index is 13.3. The first-order valence-corrected chi connectivity index (χ1v) is 9.12. The monoisotopic (exact) mass is 363 g/mol. The highest BCUT2D eigenvalue weighted by molar-refractivity contribution is 6.15. The SMILES string of the molecule is CC(C)Cn1cc(C(=O)N2CCc3ccc([N+](=O)[O-])cc32)c2ccccc21. The van der Waals surface area contributed by atoms with Gasteiger partial charge in [-0.2, -0.15) is 0 Å². The number of anilines is 1. The average Bonchev–Trinajstić information content (AvgIpc) is 3.22. The van der Waals surface area contributed by atoms with Crippen LogP contribution < -0.4 is 4.90 Å². The number of nitrogens with zero attached hydrogens (tertiary/aromatic N) is 3. The Morgan fingerprint density at radius 1 is 1.22 bits per heavy atom. The highest BCUT2D eigenvalue weighted by atomic mass is 16.6. The molecule has 2 aromatic carbocycles. The van der Waals surface area contributed by atoms with E-state index in [0.29, 0.717) is 30.1 Å². The van der Waals surface area contributed by atoms with Crippen LogP contribution in [0.2, 0.25) is 0 Å². The Morgan fingerprint density at radius 2 is 2.00 bits per heavy atom. The molecule has 0 aliphatic carbocycles. The minimum absolute atomic E-state index is 0.00989. The summed E-state index contributed by atoms with van der Waals surface area (Å²) in [5.74, 6) is 0.354. The summed E-state index contributed by atoms with van der Waals surface area (Å²) in [6.45, 7) is 5.66. The quantitative estimate of drug-likeness (QED) is 0.509. The van der Waals surface area contributed by atoms with Crippen molar-refractivity contribution in [3.63, 3.8) is 0 Å². The normalized spacial score (nSPS) is 13.4. The van der Waals surface area contributed by atoms with Crippen molar-refractivity contribution in [1.29, 1.82) is 0 Å². The van der Waals surface area contributed by atoms with Gasteiger partial charge in [0.2, 0.25) is 0 Å². The predicted molar refractivity (Wildman–Crippen MR) is 105 cm³/mol. The first kappa shape index (κ1) is 17.3. The van der Waals surface area contributed by atoms with Crippen molar-refractivity contribution in [1.82, 2.24) is 4.57 Å². The number of carbonyl (C=O) groups excluding carboxylic acids is 1. The lowest BCUT2D eigenvalue weighted by atomic mass is 10.1. The van der Waals surface area contributed by atoms with E-state index >= 15 is 0 Å². The number of fused-ring (bicyclic) bond motifs is 2. The van der Waals surface area contributed by atoms with Crippen LogP contribution in [0.4, 0.5) is 11.4 Å². The third kappa shape index (κ3) is 2.97. The molecule has 6 nitrogen and oxygen atoms in total. The topological polar surface area (TPSA) is 68.4 Å². The van der Waals surface area contributed by atoms with Gasteiger partial charge in [-0.05, 0) is 24.0 Å². The van der Waals surface area contributed by atoms with Crippen molar-refractivity contribution in [3.8, 4) is 0 Å². The molecule has 3 aromatic rings. The third-order valence-electron chi connectivity index (χ3n) is 5.00. The van der Waals surface area contributed by atoms with Gasteiger partial charge in [-0.15, -0.1) is 0 Å². The molecule has 1 aromatic heterocycles. The molecule has 2 heterocycles. The maximum atomic E-state index is 13.3. The Labute approximate surface area is 157 Å². The maximum Gasteiger partial charge on any atom is 0.271 e. The first-order chi connectivity index (χ1) is 13.0. The highest BCUT2D eigenvalue weighted by Crippen LogP contribution is 2.34. The minimum atomic E-state index is -0.421. The van der Waals surface area contributed by atoms with Gasteiger partial charge in [0.1, 0.15) is 0 Å². The van der Waals surface area contributed by atoms with Crippen molar-refractivity contribution >= 4 is 28.2 Å². The third-order valence-corrected chi connectivity index (χ3v) is 5.00. The van der Waals surface area contributed by atoms with Crippen molar-refractivity contribution in [2.45, 2.75) is 26.8 Å². The Balaban J connectivity index is 1.77. The van der Waals surface area contributed by atoms with Gasteiger partial charge in [-0.25, -0.2) is 0 Å². The van der Waals surface area contributed by atoms with E-state index in [4.69, 9.17) is 0 Å². The number of amides is 1. The van der Waals surface area contributed by atoms with E-state index < -0.39 is 4.92 Å². The fraction of sp³-hybridized carbons (Fsp3) is 0.286. The zero-order chi connectivity index (χ0) is 19.1. The van der Waals surface area contributed by atoms with E-state index in [1.165, 1.54) is 12.1 Å². The van der Waals surface area contributed by atoms with Gasteiger partial charge in [0, 0.05) is 42.3 Å². The summed E-state index contributed by atoms with van der Waals surface area (Å²) >= 11 is 0. The van der Waals surface area contributed by atoms with Crippen LogP contribution in [0.5, 0.6) is 0 Å². The molecule has 1 aliphatic rings. The van der Waals surface area contributed by atoms with Gasteiger partial charge >= 0.3 is 0 Å². The molecule has 0 spiro atoms. The van der Waals surface area contributed by atoms with Crippen LogP contribution in [0, 0.1) is 16.0 Å². The molecule has 0 saturated carbocycles. The lowest BCUT2D eigenvalue weighted by Crippen LogP contribution is -2.28. The zero-order valence-corrected chi connectivity index (χ0v) is 15.4. The Bertz CT molecular complexity index is 1050. The molecule has 1 amide bonds. The van der Waals surface area contributed by atoms with E-state index in [9.17, 15) is 14.9 Å². The van der Waals surface area contributed by atoms with E-state index in [1.807, 2.05) is 30.5 Å². The first-order valence-electron chi connectivity index (χ1n) is 9.12. The number of para-hydroxylation sites is 1. The number of benzene rings is 2. The molecular formula is C21H21N3O3. The largest absolute Gasteiger partial charge is 0.346 e. The van der Waals surface area contributed by atoms with Crippen LogP contribution in [-0.4, -0.2) is 21.9 Å². The van der Waals surface area contributed by atoms with Gasteiger partial charge in [0.05, 0.1) is 16.2 Å². The molecule has 0 bridgehead atoms. The smallest absolute Gasteiger partial charge is 0.271 e. The lowest BCUT2D eigenvalue weighted by Gasteiger charge is -2.16. The van der Waals surface area contributed by atoms with Crippen LogP contribution in [0.3, 0.4) is 0 Å². The standard InChI is InChI=1S/C21H21N3O3/c1-14(2)12-22-13-18(17-5-3-4-6-19(17)22)21(25)23-10-9-15-7-8-16(24(26)27)11-20(15)23/h3-8,11,13-14H,9-10,12H2,1-2H3. The van der Waals surface area contributed by atoms with E-state index in [2.05, 4.69) is 18.4 Å². The van der Waals surface area contributed by atoms with Gasteiger partial charge in [-0.1, -0.05) is 38.1 Å². The number of hydrogen-bond donors (Lipinski definition) is 0. The molecule has 4 rings (SSSR count). The molecule has 6 heteroatoms. The second-order valence-electron chi connectivity index (χ2n) is 7.38. The number of nitro groups is 1. The Morgan fingerprint density at radius 3 is 2.74 bits per heavy atom.